The van der Waals surface area contributed by atoms with Crippen LogP contribution in [0.4, 0.5) is 11.4 Å². The summed E-state index contributed by atoms with van der Waals surface area (Å²) in [4.78, 5) is 15.9. The van der Waals surface area contributed by atoms with Gasteiger partial charge >= 0.3 is 0 Å². The number of hydrogen-bond acceptors (Lipinski definition) is 3. The molecule has 3 aliphatic rings. The monoisotopic (exact) mass is 589 g/mol. The van der Waals surface area contributed by atoms with Gasteiger partial charge < -0.3 is 14.5 Å². The van der Waals surface area contributed by atoms with Crippen molar-refractivity contribution in [3.63, 3.8) is 0 Å². The predicted octanol–water partition coefficient (Wildman–Crippen LogP) is 6.55. The van der Waals surface area contributed by atoms with E-state index in [2.05, 4.69) is 105 Å². The first kappa shape index (κ1) is 27.6. The molecule has 204 valence electrons. The van der Waals surface area contributed by atoms with Crippen molar-refractivity contribution in [1.29, 1.82) is 0 Å². The number of nitrogens with zero attached hydrogens (tertiary/aromatic N) is 3. The van der Waals surface area contributed by atoms with Gasteiger partial charge in [-0.05, 0) is 43.7 Å². The number of hydrogen-bond donors (Lipinski definition) is 1. The highest BCUT2D eigenvalue weighted by molar-refractivity contribution is 9.10. The first-order valence-electron chi connectivity index (χ1n) is 13.7. The van der Waals surface area contributed by atoms with Crippen molar-refractivity contribution >= 4 is 38.8 Å². The van der Waals surface area contributed by atoms with Crippen molar-refractivity contribution in [2.45, 2.75) is 44.9 Å². The third kappa shape index (κ3) is 4.52. The molecule has 2 heterocycles. The number of rotatable bonds is 6. The van der Waals surface area contributed by atoms with Gasteiger partial charge in [0.2, 0.25) is 11.5 Å². The molecule has 0 aromatic heterocycles. The summed E-state index contributed by atoms with van der Waals surface area (Å²) in [7, 11) is 8.65. The molecule has 0 bridgehead atoms. The number of ketones is 1. The predicted molar refractivity (Wildman–Crippen MR) is 163 cm³/mol. The van der Waals surface area contributed by atoms with Crippen LogP contribution in [0.3, 0.4) is 0 Å². The average Bonchev–Trinajstić information content (AvgIpc) is 3.18. The SMILES string of the molecule is C[N+]1=C(/C=C2\C(=O)C(/C=C3/N(CCC[N+](C)(C)C)c4ccc(Br)cc4C3(C)C)=C2O)C(C)(C)c2ccccc21. The van der Waals surface area contributed by atoms with Crippen molar-refractivity contribution in [3.05, 3.63) is 92.8 Å². The molecular formula is C33H40BrN3O2+2. The molecule has 39 heavy (non-hydrogen) atoms. The average molecular weight is 591 g/mol. The maximum absolute atomic E-state index is 13.5. The minimum Gasteiger partial charge on any atom is -0.506 e. The number of fused-ring (bicyclic) bond motifs is 2. The number of carbonyl (C=O) groups is 1. The van der Waals surface area contributed by atoms with Crippen LogP contribution in [-0.2, 0) is 15.6 Å². The van der Waals surface area contributed by atoms with E-state index >= 15 is 0 Å². The fourth-order valence-electron chi connectivity index (χ4n) is 6.29. The van der Waals surface area contributed by atoms with Crippen LogP contribution in [0.1, 0.15) is 45.2 Å². The van der Waals surface area contributed by atoms with Crippen molar-refractivity contribution < 1.29 is 19.0 Å². The lowest BCUT2D eigenvalue weighted by molar-refractivity contribution is -0.870. The van der Waals surface area contributed by atoms with E-state index in [9.17, 15) is 9.90 Å². The van der Waals surface area contributed by atoms with Gasteiger partial charge in [0.15, 0.2) is 5.71 Å². The Bertz CT molecular complexity index is 1520. The van der Waals surface area contributed by atoms with Crippen molar-refractivity contribution in [2.75, 3.05) is 46.2 Å². The highest BCUT2D eigenvalue weighted by Crippen LogP contribution is 2.50. The second kappa shape index (κ2) is 9.31. The number of aliphatic hydroxyl groups excluding tert-OH is 1. The number of carbonyl (C=O) groups excluding carboxylic acids is 1. The lowest BCUT2D eigenvalue weighted by Gasteiger charge is -2.30. The molecule has 2 aliphatic heterocycles. The number of allylic oxidation sites excluding steroid dienone is 5. The second-order valence-corrected chi connectivity index (χ2v) is 14.0. The fourth-order valence-corrected chi connectivity index (χ4v) is 6.66. The van der Waals surface area contributed by atoms with Gasteiger partial charge in [-0.15, -0.1) is 0 Å². The lowest BCUT2D eigenvalue weighted by atomic mass is 9.77. The molecule has 0 saturated carbocycles. The number of para-hydroxylation sites is 1. The summed E-state index contributed by atoms with van der Waals surface area (Å²) >= 11 is 3.65. The Morgan fingerprint density at radius 1 is 1.00 bits per heavy atom. The summed E-state index contributed by atoms with van der Waals surface area (Å²) in [5, 5.41) is 11.2. The standard InChI is InChI=1S/C33H39BrN3O2/c1-32(2)24-12-9-10-13-26(24)35(5)28(32)19-22-30(38)23(31(22)39)20-29-33(3,4)25-18-21(34)14-15-27(25)36(29)16-11-17-37(6,7)8/h9-10,12-15,18-20H,11,16-17H2,1-8H3/q+1/p+1. The molecule has 6 heteroatoms. The Kier molecular flexibility index (Phi) is 6.59. The number of aliphatic hydroxyl groups is 1. The number of halogens is 1. The molecule has 0 atom stereocenters. The summed E-state index contributed by atoms with van der Waals surface area (Å²) in [6.07, 6.45) is 4.82. The van der Waals surface area contributed by atoms with Gasteiger partial charge in [-0.1, -0.05) is 48.0 Å². The van der Waals surface area contributed by atoms with Crippen LogP contribution >= 0.6 is 15.9 Å². The third-order valence-corrected chi connectivity index (χ3v) is 9.06. The molecule has 1 aliphatic carbocycles. The molecule has 2 aromatic carbocycles. The summed E-state index contributed by atoms with van der Waals surface area (Å²) in [6.45, 7) is 10.6. The molecule has 5 nitrogen and oxygen atoms in total. The minimum absolute atomic E-state index is 0.0828. The first-order valence-corrected chi connectivity index (χ1v) is 14.4. The third-order valence-electron chi connectivity index (χ3n) is 8.57. The minimum atomic E-state index is -0.313. The van der Waals surface area contributed by atoms with Gasteiger partial charge in [-0.3, -0.25) is 4.79 Å². The van der Waals surface area contributed by atoms with E-state index in [1.807, 2.05) is 31.3 Å². The van der Waals surface area contributed by atoms with Gasteiger partial charge in [-0.2, -0.15) is 4.58 Å². The number of benzene rings is 2. The molecule has 0 radical (unpaired) electrons. The van der Waals surface area contributed by atoms with E-state index in [-0.39, 0.29) is 22.4 Å². The second-order valence-electron chi connectivity index (χ2n) is 13.1. The Balaban J connectivity index is 1.53. The van der Waals surface area contributed by atoms with E-state index in [0.29, 0.717) is 11.1 Å². The smallest absolute Gasteiger partial charge is 0.209 e. The molecule has 0 spiro atoms. The Hall–Kier alpha value is -2.96. The summed E-state index contributed by atoms with van der Waals surface area (Å²) in [5.74, 6) is -0.0219. The lowest BCUT2D eigenvalue weighted by Crippen LogP contribution is -2.37. The number of quaternary nitrogens is 1. The zero-order valence-electron chi connectivity index (χ0n) is 24.4. The molecule has 0 fully saturated rings. The molecule has 0 amide bonds. The van der Waals surface area contributed by atoms with Crippen LogP contribution in [0.25, 0.3) is 0 Å². The van der Waals surface area contributed by atoms with E-state index in [1.54, 1.807) is 0 Å². The highest BCUT2D eigenvalue weighted by Gasteiger charge is 2.46. The van der Waals surface area contributed by atoms with Crippen molar-refractivity contribution in [2.24, 2.45) is 0 Å². The molecule has 0 saturated heterocycles. The summed E-state index contributed by atoms with van der Waals surface area (Å²) in [5.41, 5.74) is 6.99. The molecule has 5 rings (SSSR count). The van der Waals surface area contributed by atoms with E-state index in [4.69, 9.17) is 0 Å². The Morgan fingerprint density at radius 2 is 1.69 bits per heavy atom. The van der Waals surface area contributed by atoms with Crippen molar-refractivity contribution in [1.82, 2.24) is 0 Å². The Morgan fingerprint density at radius 3 is 2.33 bits per heavy atom. The van der Waals surface area contributed by atoms with Gasteiger partial charge in [0.25, 0.3) is 0 Å². The maximum Gasteiger partial charge on any atom is 0.209 e. The van der Waals surface area contributed by atoms with Gasteiger partial charge in [0.1, 0.15) is 12.8 Å². The molecule has 1 N–H and O–H groups in total. The van der Waals surface area contributed by atoms with Gasteiger partial charge in [-0.25, -0.2) is 0 Å². The largest absolute Gasteiger partial charge is 0.506 e. The van der Waals surface area contributed by atoms with E-state index in [1.165, 1.54) is 16.8 Å². The maximum atomic E-state index is 13.5. The zero-order valence-corrected chi connectivity index (χ0v) is 26.0. The van der Waals surface area contributed by atoms with Crippen LogP contribution in [0.5, 0.6) is 0 Å². The zero-order chi connectivity index (χ0) is 28.5. The van der Waals surface area contributed by atoms with Crippen LogP contribution in [0.15, 0.2) is 81.7 Å². The van der Waals surface area contributed by atoms with Crippen LogP contribution in [0.2, 0.25) is 0 Å². The van der Waals surface area contributed by atoms with Crippen LogP contribution < -0.4 is 4.90 Å². The number of Topliss-reactive ketones (excluding diaryl/α,β-unsaturated/α-hetero) is 1. The van der Waals surface area contributed by atoms with Gasteiger partial charge in [0.05, 0.1) is 44.2 Å². The molecular weight excluding hydrogens is 550 g/mol. The van der Waals surface area contributed by atoms with Crippen LogP contribution in [0, 0.1) is 0 Å². The van der Waals surface area contributed by atoms with Gasteiger partial charge in [0, 0.05) is 51.9 Å². The highest BCUT2D eigenvalue weighted by atomic mass is 79.9. The first-order chi connectivity index (χ1) is 18.1. The van der Waals surface area contributed by atoms with Crippen LogP contribution in [-0.4, -0.2) is 66.9 Å². The summed E-state index contributed by atoms with van der Waals surface area (Å²) in [6, 6.07) is 14.7. The molecule has 2 aromatic rings. The van der Waals surface area contributed by atoms with E-state index in [0.717, 1.165) is 45.6 Å². The topological polar surface area (TPSA) is 43.5 Å². The fraction of sp³-hybridized carbons (Fsp3) is 0.394. The Labute approximate surface area is 241 Å². The van der Waals surface area contributed by atoms with E-state index < -0.39 is 0 Å². The van der Waals surface area contributed by atoms with Crippen molar-refractivity contribution in [3.8, 4) is 0 Å². The normalized spacial score (nSPS) is 21.7. The summed E-state index contributed by atoms with van der Waals surface area (Å²) < 4.78 is 4.06. The molecule has 0 unspecified atom stereocenters. The number of anilines is 1. The quantitative estimate of drug-likeness (QED) is 0.236.